The second-order valence-corrected chi connectivity index (χ2v) is 8.45. The molecular formula is C24H21N3O6. The van der Waals surface area contributed by atoms with Gasteiger partial charge in [0, 0.05) is 10.9 Å². The number of fused-ring (bicyclic) bond motifs is 4. The molecule has 0 bridgehead atoms. The Morgan fingerprint density at radius 1 is 1.09 bits per heavy atom. The first-order valence-corrected chi connectivity index (χ1v) is 10.8. The fourth-order valence-corrected chi connectivity index (χ4v) is 5.01. The van der Waals surface area contributed by atoms with Crippen molar-refractivity contribution < 1.29 is 19.4 Å². The molecule has 4 N–H and O–H groups in total. The molecule has 2 aromatic carbocycles. The van der Waals surface area contributed by atoms with Gasteiger partial charge in [0.25, 0.3) is 5.56 Å². The molecule has 0 unspecified atom stereocenters. The first-order valence-electron chi connectivity index (χ1n) is 10.8. The van der Waals surface area contributed by atoms with Gasteiger partial charge in [0.2, 0.25) is 11.2 Å². The summed E-state index contributed by atoms with van der Waals surface area (Å²) in [7, 11) is 1.45. The normalized spacial score (nSPS) is 14.7. The number of H-pyrrole nitrogens is 2. The number of nitrogens with one attached hydrogen (secondary N) is 2. The standard InChI is InChI=1S/C24H21N3O6/c1-32-16-10-11(6-8-14(16)28)17-18-23(27(26-24(18)31)12-4-2-3-5-12)25-19-13-7-9-15(29)20(30)21(13)33-22(17)19/h6-10,12,25,28,30H,2-5H2,1H3,(H,26,31). The molecule has 1 fully saturated rings. The largest absolute Gasteiger partial charge is 0.504 e. The molecule has 0 aliphatic heterocycles. The summed E-state index contributed by atoms with van der Waals surface area (Å²) in [5.41, 5.74) is 1.77. The Labute approximate surface area is 185 Å². The number of phenols is 2. The van der Waals surface area contributed by atoms with Crippen molar-refractivity contribution in [2.24, 2.45) is 0 Å². The molecule has 0 amide bonds. The van der Waals surface area contributed by atoms with Crippen LogP contribution >= 0.6 is 0 Å². The summed E-state index contributed by atoms with van der Waals surface area (Å²) in [4.78, 5) is 28.6. The van der Waals surface area contributed by atoms with E-state index in [2.05, 4.69) is 10.1 Å². The van der Waals surface area contributed by atoms with Crippen molar-refractivity contribution in [1.82, 2.24) is 14.8 Å². The first kappa shape index (κ1) is 19.5. The van der Waals surface area contributed by atoms with Crippen LogP contribution in [0.3, 0.4) is 0 Å². The van der Waals surface area contributed by atoms with Crippen LogP contribution in [0.5, 0.6) is 17.2 Å². The highest BCUT2D eigenvalue weighted by Crippen LogP contribution is 2.42. The quantitative estimate of drug-likeness (QED) is 0.329. The summed E-state index contributed by atoms with van der Waals surface area (Å²) < 4.78 is 13.2. The highest BCUT2D eigenvalue weighted by atomic mass is 16.5. The van der Waals surface area contributed by atoms with Gasteiger partial charge in [-0.3, -0.25) is 19.4 Å². The number of pyridine rings is 1. The Morgan fingerprint density at radius 3 is 2.64 bits per heavy atom. The van der Waals surface area contributed by atoms with Crippen molar-refractivity contribution in [2.75, 3.05) is 7.11 Å². The Hall–Kier alpha value is -4.14. The van der Waals surface area contributed by atoms with Gasteiger partial charge in [-0.05, 0) is 42.7 Å². The fourth-order valence-electron chi connectivity index (χ4n) is 5.01. The van der Waals surface area contributed by atoms with E-state index in [9.17, 15) is 19.8 Å². The molecule has 0 radical (unpaired) electrons. The predicted molar refractivity (Wildman–Crippen MR) is 123 cm³/mol. The van der Waals surface area contributed by atoms with Gasteiger partial charge < -0.3 is 24.4 Å². The Kier molecular flexibility index (Phi) is 4.10. The summed E-state index contributed by atoms with van der Waals surface area (Å²) in [5.74, 6) is -0.274. The van der Waals surface area contributed by atoms with E-state index in [0.29, 0.717) is 38.6 Å². The molecule has 9 heteroatoms. The van der Waals surface area contributed by atoms with E-state index in [1.165, 1.54) is 19.2 Å². The number of furan rings is 1. The number of phenolic OH excluding ortho intramolecular Hbond substituents is 2. The summed E-state index contributed by atoms with van der Waals surface area (Å²) in [6.07, 6.45) is 4.09. The molecule has 168 valence electrons. The number of hydrogen-bond donors (Lipinski definition) is 4. The third kappa shape index (κ3) is 2.71. The SMILES string of the molecule is COc1cc(-c2c3oc4c(O)c(=O)ccc4c3[nH]c3c2c(=O)[nH]n3C2CCCC2)ccc1O. The van der Waals surface area contributed by atoms with E-state index >= 15 is 0 Å². The van der Waals surface area contributed by atoms with E-state index in [-0.39, 0.29) is 28.7 Å². The summed E-state index contributed by atoms with van der Waals surface area (Å²) >= 11 is 0. The topological polar surface area (TPSA) is 133 Å². The molecule has 1 saturated carbocycles. The van der Waals surface area contributed by atoms with Gasteiger partial charge in [-0.1, -0.05) is 18.9 Å². The molecule has 0 atom stereocenters. The van der Waals surface area contributed by atoms with Crippen LogP contribution < -0.4 is 15.7 Å². The molecule has 0 spiro atoms. The molecule has 33 heavy (non-hydrogen) atoms. The average Bonchev–Trinajstić information content (AvgIpc) is 3.54. The van der Waals surface area contributed by atoms with E-state index in [4.69, 9.17) is 9.15 Å². The van der Waals surface area contributed by atoms with Gasteiger partial charge in [0.05, 0.1) is 24.1 Å². The molecule has 0 saturated heterocycles. The Morgan fingerprint density at radius 2 is 1.88 bits per heavy atom. The number of hydrogen-bond acceptors (Lipinski definition) is 6. The van der Waals surface area contributed by atoms with Crippen LogP contribution in [-0.4, -0.2) is 32.1 Å². The van der Waals surface area contributed by atoms with Crippen molar-refractivity contribution in [2.45, 2.75) is 31.7 Å². The maximum Gasteiger partial charge on any atom is 0.274 e. The lowest BCUT2D eigenvalue weighted by molar-refractivity contribution is 0.373. The van der Waals surface area contributed by atoms with E-state index in [1.54, 1.807) is 18.2 Å². The zero-order valence-corrected chi connectivity index (χ0v) is 17.8. The van der Waals surface area contributed by atoms with Crippen molar-refractivity contribution in [3.63, 3.8) is 0 Å². The zero-order valence-electron chi connectivity index (χ0n) is 17.8. The summed E-state index contributed by atoms with van der Waals surface area (Å²) in [6, 6.07) is 7.82. The van der Waals surface area contributed by atoms with Crippen LogP contribution in [0.15, 0.2) is 44.3 Å². The van der Waals surface area contributed by atoms with Gasteiger partial charge in [-0.15, -0.1) is 0 Å². The number of rotatable bonds is 3. The van der Waals surface area contributed by atoms with E-state index in [1.807, 2.05) is 4.68 Å². The second kappa shape index (κ2) is 6.93. The number of benzene rings is 2. The second-order valence-electron chi connectivity index (χ2n) is 8.45. The molecule has 1 aliphatic rings. The van der Waals surface area contributed by atoms with E-state index in [0.717, 1.165) is 25.7 Å². The van der Waals surface area contributed by atoms with Gasteiger partial charge in [-0.2, -0.15) is 0 Å². The molecular weight excluding hydrogens is 426 g/mol. The van der Waals surface area contributed by atoms with Gasteiger partial charge >= 0.3 is 0 Å². The lowest BCUT2D eigenvalue weighted by Gasteiger charge is -2.13. The average molecular weight is 447 g/mol. The smallest absolute Gasteiger partial charge is 0.274 e. The van der Waals surface area contributed by atoms with Crippen molar-refractivity contribution >= 4 is 33.1 Å². The fraction of sp³-hybridized carbons (Fsp3) is 0.250. The third-order valence-electron chi connectivity index (χ3n) is 6.60. The molecule has 3 heterocycles. The van der Waals surface area contributed by atoms with Crippen molar-refractivity contribution in [1.29, 1.82) is 0 Å². The number of nitrogens with zero attached hydrogens (tertiary/aromatic N) is 1. The third-order valence-corrected chi connectivity index (χ3v) is 6.60. The Bertz CT molecular complexity index is 1680. The highest BCUT2D eigenvalue weighted by Gasteiger charge is 2.27. The number of aromatic amines is 2. The van der Waals surface area contributed by atoms with Gasteiger partial charge in [0.1, 0.15) is 5.65 Å². The molecule has 5 aromatic rings. The summed E-state index contributed by atoms with van der Waals surface area (Å²) in [5, 5.41) is 24.4. The number of methoxy groups -OCH3 is 1. The summed E-state index contributed by atoms with van der Waals surface area (Å²) in [6.45, 7) is 0. The van der Waals surface area contributed by atoms with Crippen LogP contribution in [-0.2, 0) is 0 Å². The maximum absolute atomic E-state index is 13.2. The number of ether oxygens (including phenoxy) is 1. The lowest BCUT2D eigenvalue weighted by atomic mass is 10.0. The number of aromatic nitrogens is 3. The molecule has 1 aliphatic carbocycles. The van der Waals surface area contributed by atoms with Crippen LogP contribution in [0, 0.1) is 0 Å². The minimum Gasteiger partial charge on any atom is -0.504 e. The van der Waals surface area contributed by atoms with Crippen LogP contribution in [0.1, 0.15) is 31.7 Å². The molecule has 9 nitrogen and oxygen atoms in total. The van der Waals surface area contributed by atoms with Crippen molar-refractivity contribution in [3.8, 4) is 28.4 Å². The predicted octanol–water partition coefficient (Wildman–Crippen LogP) is 4.12. The minimum atomic E-state index is -0.549. The zero-order chi connectivity index (χ0) is 22.9. The van der Waals surface area contributed by atoms with Crippen LogP contribution in [0.4, 0.5) is 0 Å². The van der Waals surface area contributed by atoms with Crippen molar-refractivity contribution in [3.05, 3.63) is 50.9 Å². The van der Waals surface area contributed by atoms with Gasteiger partial charge in [0.15, 0.2) is 22.7 Å². The monoisotopic (exact) mass is 447 g/mol. The maximum atomic E-state index is 13.2. The highest BCUT2D eigenvalue weighted by molar-refractivity contribution is 6.15. The van der Waals surface area contributed by atoms with Crippen LogP contribution in [0.25, 0.3) is 44.2 Å². The van der Waals surface area contributed by atoms with Crippen LogP contribution in [0.2, 0.25) is 0 Å². The van der Waals surface area contributed by atoms with Gasteiger partial charge in [-0.25, -0.2) is 0 Å². The Balaban J connectivity index is 1.81. The minimum absolute atomic E-state index is 0.0353. The lowest BCUT2D eigenvalue weighted by Crippen LogP contribution is -2.10. The first-order chi connectivity index (χ1) is 16.0. The molecule has 6 rings (SSSR count). The van der Waals surface area contributed by atoms with E-state index < -0.39 is 11.2 Å². The molecule has 3 aromatic heterocycles. The number of aromatic hydroxyl groups is 2.